The summed E-state index contributed by atoms with van der Waals surface area (Å²) >= 11 is 1.46. The minimum atomic E-state index is -1.27. The molecule has 0 saturated carbocycles. The van der Waals surface area contributed by atoms with Crippen LogP contribution in [0.15, 0.2) is 0 Å². The van der Waals surface area contributed by atoms with Crippen LogP contribution in [0.2, 0.25) is 0 Å². The monoisotopic (exact) mass is 249 g/mol. The second-order valence-corrected chi connectivity index (χ2v) is 4.23. The highest BCUT2D eigenvalue weighted by Crippen LogP contribution is 2.03. The normalized spacial score (nSPS) is 13.9. The van der Waals surface area contributed by atoms with E-state index in [1.807, 2.05) is 6.26 Å². The largest absolute Gasteiger partial charge is 0.481 e. The van der Waals surface area contributed by atoms with E-state index in [4.69, 9.17) is 10.2 Å². The van der Waals surface area contributed by atoms with Crippen LogP contribution in [0.5, 0.6) is 0 Å². The van der Waals surface area contributed by atoms with Crippen molar-refractivity contribution in [2.24, 2.45) is 5.92 Å². The average Bonchev–Trinajstić information content (AvgIpc) is 2.21. The van der Waals surface area contributed by atoms with Crippen LogP contribution in [0.3, 0.4) is 0 Å². The summed E-state index contributed by atoms with van der Waals surface area (Å²) in [5.41, 5.74) is 0. The molecule has 0 rings (SSSR count). The van der Waals surface area contributed by atoms with Crippen LogP contribution >= 0.6 is 11.8 Å². The predicted octanol–water partition coefficient (Wildman–Crippen LogP) is 0.0296. The fraction of sp³-hybridized carbons (Fsp3) is 0.667. The van der Waals surface area contributed by atoms with E-state index in [2.05, 4.69) is 5.32 Å². The van der Waals surface area contributed by atoms with Crippen LogP contribution in [0.25, 0.3) is 0 Å². The maximum Gasteiger partial charge on any atom is 0.326 e. The number of carboxylic acid groups (broad SMARTS) is 2. The maximum atomic E-state index is 11.3. The van der Waals surface area contributed by atoms with Crippen LogP contribution in [0, 0.1) is 5.92 Å². The van der Waals surface area contributed by atoms with Crippen LogP contribution in [-0.2, 0) is 14.4 Å². The number of carboxylic acids is 2. The second kappa shape index (κ2) is 7.10. The summed E-state index contributed by atoms with van der Waals surface area (Å²) in [6.07, 6.45) is 2.09. The van der Waals surface area contributed by atoms with E-state index in [1.165, 1.54) is 18.7 Å². The lowest BCUT2D eigenvalue weighted by atomic mass is 10.1. The molecule has 0 bridgehead atoms. The molecule has 0 aromatic carbocycles. The number of aliphatic carboxylic acids is 2. The van der Waals surface area contributed by atoms with E-state index in [9.17, 15) is 14.4 Å². The maximum absolute atomic E-state index is 11.3. The Labute approximate surface area is 97.4 Å². The lowest BCUT2D eigenvalue weighted by Gasteiger charge is -2.15. The Balaban J connectivity index is 4.34. The van der Waals surface area contributed by atoms with Crippen molar-refractivity contribution in [2.45, 2.75) is 19.4 Å². The lowest BCUT2D eigenvalue weighted by molar-refractivity contribution is -0.149. The minimum absolute atomic E-state index is 0.272. The number of nitrogens with one attached hydrogen (secondary N) is 1. The number of amides is 1. The van der Waals surface area contributed by atoms with Gasteiger partial charge in [-0.15, -0.1) is 0 Å². The zero-order valence-corrected chi connectivity index (χ0v) is 9.91. The number of hydrogen-bond donors (Lipinski definition) is 3. The van der Waals surface area contributed by atoms with Crippen molar-refractivity contribution in [1.82, 2.24) is 5.32 Å². The molecule has 2 atom stereocenters. The third-order valence-electron chi connectivity index (χ3n) is 1.99. The first-order valence-corrected chi connectivity index (χ1v) is 6.04. The highest BCUT2D eigenvalue weighted by atomic mass is 32.2. The van der Waals surface area contributed by atoms with E-state index in [-0.39, 0.29) is 6.42 Å². The molecule has 0 aromatic heterocycles. The molecular weight excluding hydrogens is 234 g/mol. The van der Waals surface area contributed by atoms with Gasteiger partial charge >= 0.3 is 11.9 Å². The molecule has 92 valence electrons. The molecular formula is C9H15NO5S. The zero-order chi connectivity index (χ0) is 12.7. The minimum Gasteiger partial charge on any atom is -0.481 e. The van der Waals surface area contributed by atoms with Gasteiger partial charge in [-0.05, 0) is 25.4 Å². The molecule has 0 aromatic rings. The van der Waals surface area contributed by atoms with Gasteiger partial charge < -0.3 is 15.5 Å². The van der Waals surface area contributed by atoms with Gasteiger partial charge in [-0.25, -0.2) is 4.79 Å². The van der Waals surface area contributed by atoms with Gasteiger partial charge in [-0.1, -0.05) is 0 Å². The first-order valence-electron chi connectivity index (χ1n) is 4.65. The third kappa shape index (κ3) is 5.01. The first-order chi connectivity index (χ1) is 7.40. The summed E-state index contributed by atoms with van der Waals surface area (Å²) < 4.78 is 0. The number of thioether (sulfide) groups is 1. The standard InChI is InChI=1S/C9H15NO5S/c1-5(8(12)13)7(11)10-6(9(14)15)3-4-16-2/h5-6H,3-4H2,1-2H3,(H,10,11)(H,12,13)(H,14,15). The Morgan fingerprint density at radius 2 is 1.81 bits per heavy atom. The molecule has 0 aliphatic heterocycles. The molecule has 7 heteroatoms. The van der Waals surface area contributed by atoms with Crippen LogP contribution in [0.4, 0.5) is 0 Å². The zero-order valence-electron chi connectivity index (χ0n) is 9.10. The fourth-order valence-electron chi connectivity index (χ4n) is 0.902. The highest BCUT2D eigenvalue weighted by molar-refractivity contribution is 7.98. The van der Waals surface area contributed by atoms with E-state index in [0.29, 0.717) is 5.75 Å². The van der Waals surface area contributed by atoms with Gasteiger partial charge in [0.05, 0.1) is 0 Å². The summed E-state index contributed by atoms with van der Waals surface area (Å²) in [5.74, 6) is -3.86. The first kappa shape index (κ1) is 14.8. The fourth-order valence-corrected chi connectivity index (χ4v) is 1.37. The number of hydrogen-bond acceptors (Lipinski definition) is 4. The predicted molar refractivity (Wildman–Crippen MR) is 59.4 cm³/mol. The van der Waals surface area contributed by atoms with Crippen molar-refractivity contribution in [3.05, 3.63) is 0 Å². The highest BCUT2D eigenvalue weighted by Gasteiger charge is 2.26. The Hall–Kier alpha value is -1.24. The van der Waals surface area contributed by atoms with Crippen molar-refractivity contribution in [3.63, 3.8) is 0 Å². The molecule has 0 heterocycles. The molecule has 0 spiro atoms. The summed E-state index contributed by atoms with van der Waals surface area (Å²) in [5, 5.41) is 19.6. The quantitative estimate of drug-likeness (QED) is 0.550. The molecule has 0 aliphatic carbocycles. The van der Waals surface area contributed by atoms with Gasteiger partial charge in [0.2, 0.25) is 5.91 Å². The van der Waals surface area contributed by atoms with Crippen molar-refractivity contribution < 1.29 is 24.6 Å². The molecule has 3 N–H and O–H groups in total. The smallest absolute Gasteiger partial charge is 0.326 e. The SMILES string of the molecule is CSCCC(NC(=O)C(C)C(=O)O)C(=O)O. The Morgan fingerprint density at radius 3 is 2.19 bits per heavy atom. The Bertz CT molecular complexity index is 281. The van der Waals surface area contributed by atoms with Crippen molar-refractivity contribution in [1.29, 1.82) is 0 Å². The Morgan fingerprint density at radius 1 is 1.25 bits per heavy atom. The molecule has 1 amide bonds. The van der Waals surface area contributed by atoms with Gasteiger partial charge in [-0.2, -0.15) is 11.8 Å². The summed E-state index contributed by atoms with van der Waals surface area (Å²) in [7, 11) is 0. The van der Waals surface area contributed by atoms with Crippen LogP contribution in [-0.4, -0.2) is 46.1 Å². The van der Waals surface area contributed by atoms with E-state index in [0.717, 1.165) is 0 Å². The molecule has 0 aliphatic rings. The van der Waals surface area contributed by atoms with E-state index in [1.54, 1.807) is 0 Å². The lowest BCUT2D eigenvalue weighted by Crippen LogP contribution is -2.45. The molecule has 2 unspecified atom stereocenters. The molecule has 0 fully saturated rings. The van der Waals surface area contributed by atoms with Crippen molar-refractivity contribution >= 4 is 29.6 Å². The third-order valence-corrected chi connectivity index (χ3v) is 2.63. The second-order valence-electron chi connectivity index (χ2n) is 3.24. The number of rotatable bonds is 7. The van der Waals surface area contributed by atoms with E-state index < -0.39 is 29.8 Å². The average molecular weight is 249 g/mol. The Kier molecular flexibility index (Phi) is 6.55. The van der Waals surface area contributed by atoms with Crippen molar-refractivity contribution in [3.8, 4) is 0 Å². The topological polar surface area (TPSA) is 104 Å². The molecule has 6 nitrogen and oxygen atoms in total. The van der Waals surface area contributed by atoms with Gasteiger partial charge in [0.15, 0.2) is 0 Å². The summed E-state index contributed by atoms with van der Waals surface area (Å²) in [4.78, 5) is 32.6. The number of carbonyl (C=O) groups is 3. The van der Waals surface area contributed by atoms with Gasteiger partial charge in [0.1, 0.15) is 12.0 Å². The summed E-state index contributed by atoms with van der Waals surface area (Å²) in [6.45, 7) is 1.21. The molecule has 0 saturated heterocycles. The van der Waals surface area contributed by atoms with Crippen LogP contribution in [0.1, 0.15) is 13.3 Å². The number of carbonyl (C=O) groups excluding carboxylic acids is 1. The van der Waals surface area contributed by atoms with Gasteiger partial charge in [-0.3, -0.25) is 9.59 Å². The summed E-state index contributed by atoms with van der Waals surface area (Å²) in [6, 6.07) is -1.03. The van der Waals surface area contributed by atoms with Gasteiger partial charge in [0, 0.05) is 0 Å². The molecule has 16 heavy (non-hydrogen) atoms. The van der Waals surface area contributed by atoms with Gasteiger partial charge in [0.25, 0.3) is 0 Å². The van der Waals surface area contributed by atoms with Crippen molar-refractivity contribution in [2.75, 3.05) is 12.0 Å². The van der Waals surface area contributed by atoms with Crippen LogP contribution < -0.4 is 5.32 Å². The van der Waals surface area contributed by atoms with E-state index >= 15 is 0 Å². The molecule has 0 radical (unpaired) electrons.